The van der Waals surface area contributed by atoms with E-state index in [-0.39, 0.29) is 5.91 Å². The molecule has 2 aromatic carbocycles. The lowest BCUT2D eigenvalue weighted by Gasteiger charge is -2.32. The first-order valence-electron chi connectivity index (χ1n) is 10.0. The third-order valence-corrected chi connectivity index (χ3v) is 5.56. The number of carbonyl (C=O) groups excluding carboxylic acids is 1. The van der Waals surface area contributed by atoms with Gasteiger partial charge in [-0.15, -0.1) is 0 Å². The first kappa shape index (κ1) is 19.2. The summed E-state index contributed by atoms with van der Waals surface area (Å²) in [6.07, 6.45) is 1.78. The summed E-state index contributed by atoms with van der Waals surface area (Å²) in [6, 6.07) is 17.9. The molecule has 4 rings (SSSR count). The predicted molar refractivity (Wildman–Crippen MR) is 112 cm³/mol. The second-order valence-electron chi connectivity index (χ2n) is 7.50. The molecule has 0 bridgehead atoms. The number of carbonyl (C=O) groups is 1. The third kappa shape index (κ3) is 4.32. The van der Waals surface area contributed by atoms with Crippen LogP contribution >= 0.6 is 0 Å². The number of ether oxygens (including phenoxy) is 1. The van der Waals surface area contributed by atoms with Crippen LogP contribution in [0.5, 0.6) is 5.75 Å². The molecular weight excluding hydrogens is 364 g/mol. The van der Waals surface area contributed by atoms with Crippen LogP contribution in [0.25, 0.3) is 5.69 Å². The molecule has 1 amide bonds. The monoisotopic (exact) mass is 391 g/mol. The minimum atomic E-state index is 0.109. The fourth-order valence-electron chi connectivity index (χ4n) is 3.80. The number of nitrogens with zero attached hydrogens (tertiary/aromatic N) is 3. The van der Waals surface area contributed by atoms with Gasteiger partial charge in [-0.1, -0.05) is 0 Å². The summed E-state index contributed by atoms with van der Waals surface area (Å²) in [6.45, 7) is 6.48. The minimum Gasteiger partial charge on any atom is -0.497 e. The molecule has 1 aromatic heterocycles. The number of rotatable bonds is 5. The Morgan fingerprint density at radius 3 is 2.31 bits per heavy atom. The number of piperazine rings is 1. The van der Waals surface area contributed by atoms with Crippen LogP contribution in [0.3, 0.4) is 0 Å². The van der Waals surface area contributed by atoms with Crippen LogP contribution in [0.4, 0.5) is 0 Å². The minimum absolute atomic E-state index is 0.109. The number of methoxy groups -OCH3 is 1. The molecule has 2 heterocycles. The Hall–Kier alpha value is -3.12. The summed E-state index contributed by atoms with van der Waals surface area (Å²) in [7, 11) is 1.68. The number of aryl methyl sites for hydroxylation is 1. The maximum Gasteiger partial charge on any atom is 0.254 e. The van der Waals surface area contributed by atoms with Gasteiger partial charge in [0.05, 0.1) is 39.0 Å². The van der Waals surface area contributed by atoms with E-state index >= 15 is 0 Å². The number of quaternary nitrogens is 1. The Bertz CT molecular complexity index is 955. The highest BCUT2D eigenvalue weighted by Gasteiger charge is 2.24. The fourth-order valence-corrected chi connectivity index (χ4v) is 3.80. The normalized spacial score (nSPS) is 14.8. The molecule has 3 aromatic rings. The van der Waals surface area contributed by atoms with Crippen LogP contribution < -0.4 is 9.64 Å². The zero-order valence-electron chi connectivity index (χ0n) is 17.0. The SMILES string of the molecule is COc1ccc(C[NH+]2CCN(C(=O)c3ccc(-n4nccc4C)cc3)CC2)cc1. The molecule has 0 radical (unpaired) electrons. The quantitative estimate of drug-likeness (QED) is 0.721. The Morgan fingerprint density at radius 2 is 1.72 bits per heavy atom. The van der Waals surface area contributed by atoms with Crippen molar-refractivity contribution in [1.82, 2.24) is 14.7 Å². The van der Waals surface area contributed by atoms with Gasteiger partial charge < -0.3 is 14.5 Å². The van der Waals surface area contributed by atoms with Crippen LogP contribution in [0.1, 0.15) is 21.6 Å². The zero-order valence-corrected chi connectivity index (χ0v) is 17.0. The van der Waals surface area contributed by atoms with Crippen LogP contribution in [-0.4, -0.2) is 53.9 Å². The highest BCUT2D eigenvalue weighted by Crippen LogP contribution is 2.13. The summed E-state index contributed by atoms with van der Waals surface area (Å²) in [5.74, 6) is 0.991. The number of amides is 1. The van der Waals surface area contributed by atoms with Crippen LogP contribution in [-0.2, 0) is 6.54 Å². The zero-order chi connectivity index (χ0) is 20.2. The van der Waals surface area contributed by atoms with Crippen molar-refractivity contribution in [3.63, 3.8) is 0 Å². The molecule has 1 saturated heterocycles. The van der Waals surface area contributed by atoms with Gasteiger partial charge in [0.2, 0.25) is 0 Å². The first-order chi connectivity index (χ1) is 14.1. The van der Waals surface area contributed by atoms with E-state index in [2.05, 4.69) is 17.2 Å². The van der Waals surface area contributed by atoms with Gasteiger partial charge in [-0.05, 0) is 61.5 Å². The maximum atomic E-state index is 12.9. The fraction of sp³-hybridized carbons (Fsp3) is 0.304. The van der Waals surface area contributed by atoms with Gasteiger partial charge in [-0.2, -0.15) is 5.10 Å². The second kappa shape index (κ2) is 8.49. The summed E-state index contributed by atoms with van der Waals surface area (Å²) >= 11 is 0. The Balaban J connectivity index is 1.33. The molecule has 150 valence electrons. The van der Waals surface area contributed by atoms with E-state index in [9.17, 15) is 4.79 Å². The number of nitrogens with one attached hydrogen (secondary N) is 1. The van der Waals surface area contributed by atoms with E-state index in [1.165, 1.54) is 10.5 Å². The topological polar surface area (TPSA) is 51.8 Å². The molecule has 1 fully saturated rings. The molecule has 1 aliphatic heterocycles. The van der Waals surface area contributed by atoms with Crippen molar-refractivity contribution in [3.8, 4) is 11.4 Å². The van der Waals surface area contributed by atoms with Gasteiger partial charge >= 0.3 is 0 Å². The molecule has 0 aliphatic carbocycles. The molecule has 1 aliphatic rings. The first-order valence-corrected chi connectivity index (χ1v) is 10.0. The average molecular weight is 391 g/mol. The molecule has 0 spiro atoms. The van der Waals surface area contributed by atoms with Gasteiger partial charge in [-0.25, -0.2) is 4.68 Å². The van der Waals surface area contributed by atoms with E-state index in [0.717, 1.165) is 55.4 Å². The lowest BCUT2D eigenvalue weighted by atomic mass is 10.1. The van der Waals surface area contributed by atoms with E-state index in [0.29, 0.717) is 0 Å². The van der Waals surface area contributed by atoms with Gasteiger partial charge in [0.25, 0.3) is 5.91 Å². The number of aromatic nitrogens is 2. The summed E-state index contributed by atoms with van der Waals surface area (Å²) in [5.41, 5.74) is 4.07. The van der Waals surface area contributed by atoms with E-state index in [1.807, 2.05) is 59.0 Å². The molecule has 1 N–H and O–H groups in total. The Labute approximate surface area is 171 Å². The summed E-state index contributed by atoms with van der Waals surface area (Å²) in [4.78, 5) is 16.3. The van der Waals surface area contributed by atoms with Crippen LogP contribution in [0, 0.1) is 6.92 Å². The van der Waals surface area contributed by atoms with Crippen molar-refractivity contribution < 1.29 is 14.4 Å². The molecule has 0 saturated carbocycles. The van der Waals surface area contributed by atoms with Gasteiger partial charge in [0.1, 0.15) is 12.3 Å². The third-order valence-electron chi connectivity index (χ3n) is 5.56. The average Bonchev–Trinajstić information content (AvgIpc) is 3.20. The van der Waals surface area contributed by atoms with Crippen molar-refractivity contribution >= 4 is 5.91 Å². The second-order valence-corrected chi connectivity index (χ2v) is 7.50. The Morgan fingerprint density at radius 1 is 1.03 bits per heavy atom. The Kier molecular flexibility index (Phi) is 5.62. The smallest absolute Gasteiger partial charge is 0.254 e. The van der Waals surface area contributed by atoms with E-state index < -0.39 is 0 Å². The summed E-state index contributed by atoms with van der Waals surface area (Å²) < 4.78 is 7.09. The highest BCUT2D eigenvalue weighted by molar-refractivity contribution is 5.94. The number of hydrogen-bond donors (Lipinski definition) is 1. The van der Waals surface area contributed by atoms with Crippen molar-refractivity contribution in [2.24, 2.45) is 0 Å². The van der Waals surface area contributed by atoms with Crippen LogP contribution in [0.15, 0.2) is 60.8 Å². The predicted octanol–water partition coefficient (Wildman–Crippen LogP) is 1.73. The van der Waals surface area contributed by atoms with Crippen molar-refractivity contribution in [1.29, 1.82) is 0 Å². The van der Waals surface area contributed by atoms with Gasteiger partial charge in [-0.3, -0.25) is 4.79 Å². The molecule has 0 unspecified atom stereocenters. The molecular formula is C23H27N4O2+. The van der Waals surface area contributed by atoms with Crippen molar-refractivity contribution in [3.05, 3.63) is 77.6 Å². The molecule has 6 nitrogen and oxygen atoms in total. The summed E-state index contributed by atoms with van der Waals surface area (Å²) in [5, 5.41) is 4.31. The number of benzene rings is 2. The molecule has 6 heteroatoms. The van der Waals surface area contributed by atoms with E-state index in [1.54, 1.807) is 13.3 Å². The maximum absolute atomic E-state index is 12.9. The van der Waals surface area contributed by atoms with E-state index in [4.69, 9.17) is 4.74 Å². The van der Waals surface area contributed by atoms with Crippen molar-refractivity contribution in [2.75, 3.05) is 33.3 Å². The molecule has 0 atom stereocenters. The lowest BCUT2D eigenvalue weighted by Crippen LogP contribution is -3.13. The van der Waals surface area contributed by atoms with Gasteiger partial charge in [0, 0.05) is 23.0 Å². The number of hydrogen-bond acceptors (Lipinski definition) is 3. The van der Waals surface area contributed by atoms with Crippen LogP contribution in [0.2, 0.25) is 0 Å². The molecule has 29 heavy (non-hydrogen) atoms. The van der Waals surface area contributed by atoms with Crippen molar-refractivity contribution in [2.45, 2.75) is 13.5 Å². The van der Waals surface area contributed by atoms with Gasteiger partial charge in [0.15, 0.2) is 0 Å². The largest absolute Gasteiger partial charge is 0.497 e. The highest BCUT2D eigenvalue weighted by atomic mass is 16.5. The standard InChI is InChI=1S/C23H26N4O2/c1-18-11-12-24-27(18)21-7-5-20(6-8-21)23(28)26-15-13-25(14-16-26)17-19-3-9-22(29-2)10-4-19/h3-12H,13-17H2,1-2H3/p+1. The lowest BCUT2D eigenvalue weighted by molar-refractivity contribution is -0.917.